The number of carboxylic acids is 1. The number of carboxylic acid groups (broad SMARTS) is 1. The van der Waals surface area contributed by atoms with Gasteiger partial charge in [0.1, 0.15) is 5.82 Å². The van der Waals surface area contributed by atoms with Crippen LogP contribution in [-0.4, -0.2) is 31.3 Å². The van der Waals surface area contributed by atoms with Crippen LogP contribution in [0.5, 0.6) is 0 Å². The summed E-state index contributed by atoms with van der Waals surface area (Å²) in [4.78, 5) is 11.6. The highest BCUT2D eigenvalue weighted by Crippen LogP contribution is 2.06. The van der Waals surface area contributed by atoms with Crippen molar-refractivity contribution >= 4 is 5.97 Å². The van der Waals surface area contributed by atoms with Gasteiger partial charge in [0.25, 0.3) is 0 Å². The second kappa shape index (κ2) is 4.69. The molecule has 1 N–H and O–H groups in total. The van der Waals surface area contributed by atoms with Crippen molar-refractivity contribution in [2.45, 2.75) is 12.8 Å². The molecule has 0 bridgehead atoms. The maximum atomic E-state index is 12.7. The van der Waals surface area contributed by atoms with Gasteiger partial charge in [-0.25, -0.2) is 4.39 Å². The second-order valence-corrected chi connectivity index (χ2v) is 3.37. The highest BCUT2D eigenvalue weighted by Gasteiger charge is 2.06. The molecule has 0 fully saturated rings. The van der Waals surface area contributed by atoms with Crippen molar-refractivity contribution in [3.05, 3.63) is 35.9 Å². The van der Waals surface area contributed by atoms with E-state index < -0.39 is 5.97 Å². The predicted molar refractivity (Wildman–Crippen MR) is 55.1 cm³/mol. The third-order valence-corrected chi connectivity index (χ3v) is 2.08. The molecule has 2 aromatic rings. The molecule has 7 heteroatoms. The van der Waals surface area contributed by atoms with E-state index in [1.54, 1.807) is 0 Å². The first-order valence-corrected chi connectivity index (χ1v) is 4.92. The molecule has 0 aliphatic carbocycles. The Balaban J connectivity index is 2.12. The summed E-state index contributed by atoms with van der Waals surface area (Å²) in [6.07, 6.45) is 0.172. The largest absolute Gasteiger partial charge is 0.481 e. The molecule has 0 saturated heterocycles. The fourth-order valence-corrected chi connectivity index (χ4v) is 1.25. The Kier molecular flexibility index (Phi) is 3.08. The number of nitrogens with zero attached hydrogens (tertiary/aromatic N) is 4. The Morgan fingerprint density at radius 3 is 2.71 bits per heavy atom. The maximum absolute atomic E-state index is 12.7. The number of rotatable bonds is 4. The van der Waals surface area contributed by atoms with Crippen molar-refractivity contribution in [1.29, 1.82) is 0 Å². The summed E-state index contributed by atoms with van der Waals surface area (Å²) < 4.78 is 12.7. The molecular weight excluding hydrogens is 227 g/mol. The van der Waals surface area contributed by atoms with Crippen LogP contribution in [0.15, 0.2) is 24.3 Å². The smallest absolute Gasteiger partial charge is 0.303 e. The lowest BCUT2D eigenvalue weighted by molar-refractivity contribution is -0.137. The minimum atomic E-state index is -0.914. The summed E-state index contributed by atoms with van der Waals surface area (Å²) in [6, 6.07) is 5.60. The van der Waals surface area contributed by atoms with E-state index in [2.05, 4.69) is 15.4 Å². The normalized spacial score (nSPS) is 10.4. The van der Waals surface area contributed by atoms with Crippen LogP contribution in [0, 0.1) is 5.82 Å². The number of benzene rings is 1. The Morgan fingerprint density at radius 2 is 2.06 bits per heavy atom. The van der Waals surface area contributed by atoms with Gasteiger partial charge in [-0.1, -0.05) is 0 Å². The van der Waals surface area contributed by atoms with Crippen molar-refractivity contribution in [3.8, 4) is 5.69 Å². The van der Waals surface area contributed by atoms with E-state index in [-0.39, 0.29) is 18.7 Å². The van der Waals surface area contributed by atoms with Gasteiger partial charge in [0.2, 0.25) is 0 Å². The molecule has 88 valence electrons. The van der Waals surface area contributed by atoms with E-state index in [9.17, 15) is 9.18 Å². The fraction of sp³-hybridized carbons (Fsp3) is 0.200. The monoisotopic (exact) mass is 236 g/mol. The maximum Gasteiger partial charge on any atom is 0.303 e. The number of tetrazole rings is 1. The first-order chi connectivity index (χ1) is 8.15. The van der Waals surface area contributed by atoms with E-state index in [4.69, 9.17) is 5.11 Å². The molecule has 17 heavy (non-hydrogen) atoms. The van der Waals surface area contributed by atoms with Gasteiger partial charge in [-0.05, 0) is 29.5 Å². The van der Waals surface area contributed by atoms with Crippen molar-refractivity contribution in [1.82, 2.24) is 20.2 Å². The molecule has 6 nitrogen and oxygen atoms in total. The standard InChI is InChI=1S/C10H9FN4O2/c11-7-1-3-8(4-2-7)15-13-9(12-14-15)5-6-10(16)17/h1-4H,5-6H2,(H,16,17). The van der Waals surface area contributed by atoms with Crippen LogP contribution >= 0.6 is 0 Å². The van der Waals surface area contributed by atoms with Crippen molar-refractivity contribution in [2.24, 2.45) is 0 Å². The molecule has 0 spiro atoms. The lowest BCUT2D eigenvalue weighted by atomic mass is 10.3. The summed E-state index contributed by atoms with van der Waals surface area (Å²) in [5.41, 5.74) is 0.570. The molecule has 2 rings (SSSR count). The van der Waals surface area contributed by atoms with Crippen LogP contribution in [0.2, 0.25) is 0 Å². The molecule has 1 aromatic heterocycles. The summed E-state index contributed by atoms with van der Waals surface area (Å²) in [7, 11) is 0. The Bertz CT molecular complexity index is 523. The molecule has 0 aliphatic rings. The third kappa shape index (κ3) is 2.83. The van der Waals surface area contributed by atoms with Gasteiger partial charge >= 0.3 is 5.97 Å². The fourth-order valence-electron chi connectivity index (χ4n) is 1.25. The van der Waals surface area contributed by atoms with Crippen LogP contribution in [0.1, 0.15) is 12.2 Å². The van der Waals surface area contributed by atoms with Crippen LogP contribution in [0.3, 0.4) is 0 Å². The van der Waals surface area contributed by atoms with Crippen LogP contribution in [0.25, 0.3) is 5.69 Å². The molecule has 0 amide bonds. The number of hydrogen-bond acceptors (Lipinski definition) is 4. The summed E-state index contributed by atoms with van der Waals surface area (Å²) in [5.74, 6) is -0.917. The first-order valence-electron chi connectivity index (χ1n) is 4.92. The van der Waals surface area contributed by atoms with E-state index in [0.717, 1.165) is 0 Å². The van der Waals surface area contributed by atoms with Crippen LogP contribution < -0.4 is 0 Å². The van der Waals surface area contributed by atoms with Gasteiger partial charge in [-0.2, -0.15) is 0 Å². The second-order valence-electron chi connectivity index (χ2n) is 3.37. The highest BCUT2D eigenvalue weighted by atomic mass is 19.1. The number of carbonyl (C=O) groups is 1. The molecular formula is C10H9FN4O2. The zero-order chi connectivity index (χ0) is 12.3. The lowest BCUT2D eigenvalue weighted by Crippen LogP contribution is -2.01. The number of hydrogen-bond donors (Lipinski definition) is 1. The van der Waals surface area contributed by atoms with Crippen LogP contribution in [0.4, 0.5) is 4.39 Å². The minimum Gasteiger partial charge on any atom is -0.481 e. The quantitative estimate of drug-likeness (QED) is 0.849. The summed E-state index contributed by atoms with van der Waals surface area (Å²) in [5, 5.41) is 20.0. The number of aromatic nitrogens is 4. The first kappa shape index (κ1) is 11.2. The number of halogens is 1. The van der Waals surface area contributed by atoms with E-state index >= 15 is 0 Å². The number of aryl methyl sites for hydroxylation is 1. The van der Waals surface area contributed by atoms with Gasteiger partial charge in [0.15, 0.2) is 5.82 Å². The molecule has 0 aliphatic heterocycles. The topological polar surface area (TPSA) is 80.9 Å². The van der Waals surface area contributed by atoms with Crippen molar-refractivity contribution in [2.75, 3.05) is 0 Å². The van der Waals surface area contributed by atoms with Gasteiger partial charge in [0.05, 0.1) is 12.1 Å². The lowest BCUT2D eigenvalue weighted by Gasteiger charge is -1.96. The molecule has 0 saturated carbocycles. The average Bonchev–Trinajstić information content (AvgIpc) is 2.76. The molecule has 1 aromatic carbocycles. The minimum absolute atomic E-state index is 0.0465. The third-order valence-electron chi connectivity index (χ3n) is 2.08. The van der Waals surface area contributed by atoms with E-state index in [0.29, 0.717) is 11.5 Å². The molecule has 0 atom stereocenters. The molecule has 0 radical (unpaired) electrons. The zero-order valence-electron chi connectivity index (χ0n) is 8.75. The van der Waals surface area contributed by atoms with E-state index in [1.165, 1.54) is 29.1 Å². The predicted octanol–water partition coefficient (Wildman–Crippen LogP) is 0.819. The summed E-state index contributed by atoms with van der Waals surface area (Å²) in [6.45, 7) is 0. The van der Waals surface area contributed by atoms with Gasteiger partial charge in [-0.3, -0.25) is 4.79 Å². The summed E-state index contributed by atoms with van der Waals surface area (Å²) >= 11 is 0. The molecule has 1 heterocycles. The zero-order valence-corrected chi connectivity index (χ0v) is 8.75. The van der Waals surface area contributed by atoms with Crippen LogP contribution in [-0.2, 0) is 11.2 Å². The Morgan fingerprint density at radius 1 is 1.35 bits per heavy atom. The average molecular weight is 236 g/mol. The number of aliphatic carboxylic acids is 1. The van der Waals surface area contributed by atoms with Crippen molar-refractivity contribution in [3.63, 3.8) is 0 Å². The van der Waals surface area contributed by atoms with Gasteiger partial charge in [0, 0.05) is 6.42 Å². The molecule has 0 unspecified atom stereocenters. The Labute approximate surface area is 95.7 Å². The van der Waals surface area contributed by atoms with Crippen molar-refractivity contribution < 1.29 is 14.3 Å². The SMILES string of the molecule is O=C(O)CCc1nnn(-c2ccc(F)cc2)n1. The van der Waals surface area contributed by atoms with E-state index in [1.807, 2.05) is 0 Å². The Hall–Kier alpha value is -2.31. The highest BCUT2D eigenvalue weighted by molar-refractivity contribution is 5.66. The van der Waals surface area contributed by atoms with Gasteiger partial charge in [-0.15, -0.1) is 15.0 Å². The van der Waals surface area contributed by atoms with Gasteiger partial charge < -0.3 is 5.11 Å².